The summed E-state index contributed by atoms with van der Waals surface area (Å²) >= 11 is 0. The number of benzene rings is 1. The Hall–Kier alpha value is -3.93. The van der Waals surface area contributed by atoms with Crippen molar-refractivity contribution in [2.24, 2.45) is 0 Å². The number of allylic oxidation sites excluding steroid dienone is 1. The van der Waals surface area contributed by atoms with E-state index in [1.165, 1.54) is 26.2 Å². The number of carbonyl (C=O) groups excluding carboxylic acids is 5. The molecule has 1 aromatic carbocycles. The van der Waals surface area contributed by atoms with E-state index in [1.54, 1.807) is 18.2 Å². The van der Waals surface area contributed by atoms with Gasteiger partial charge in [-0.25, -0.2) is 0 Å². The van der Waals surface area contributed by atoms with Crippen LogP contribution in [-0.2, 0) is 47.7 Å². The second kappa shape index (κ2) is 13.2. The number of aldehydes is 1. The molecule has 0 unspecified atom stereocenters. The molecule has 0 aromatic heterocycles. The van der Waals surface area contributed by atoms with E-state index in [2.05, 4.69) is 0 Å². The lowest BCUT2D eigenvalue weighted by Crippen LogP contribution is -2.63. The topological polar surface area (TPSA) is 150 Å². The highest BCUT2D eigenvalue weighted by Crippen LogP contribution is 2.35. The Morgan fingerprint density at radius 2 is 1.47 bits per heavy atom. The van der Waals surface area contributed by atoms with Gasteiger partial charge >= 0.3 is 23.9 Å². The van der Waals surface area contributed by atoms with Crippen LogP contribution in [0.2, 0.25) is 0 Å². The molecule has 0 saturated carbocycles. The Labute approximate surface area is 207 Å². The Bertz CT molecular complexity index is 1000. The zero-order valence-corrected chi connectivity index (χ0v) is 20.5. The van der Waals surface area contributed by atoms with Gasteiger partial charge in [-0.1, -0.05) is 12.1 Å². The number of esters is 4. The molecule has 2 rings (SSSR count). The number of ether oxygens (including phenoxy) is 7. The maximum absolute atomic E-state index is 11.9. The molecule has 1 heterocycles. The van der Waals surface area contributed by atoms with Crippen molar-refractivity contribution in [1.82, 2.24) is 0 Å². The van der Waals surface area contributed by atoms with Crippen LogP contribution in [0.15, 0.2) is 24.3 Å². The van der Waals surface area contributed by atoms with Crippen LogP contribution in [0.5, 0.6) is 11.5 Å². The molecule has 0 aliphatic carbocycles. The molecular formula is C24H28O12. The van der Waals surface area contributed by atoms with E-state index in [0.717, 1.165) is 20.8 Å². The predicted molar refractivity (Wildman–Crippen MR) is 121 cm³/mol. The van der Waals surface area contributed by atoms with Crippen LogP contribution in [0.25, 0.3) is 6.08 Å². The molecule has 1 aliphatic rings. The molecule has 1 saturated heterocycles. The van der Waals surface area contributed by atoms with E-state index >= 15 is 0 Å². The zero-order valence-electron chi connectivity index (χ0n) is 20.5. The average Bonchev–Trinajstić information content (AvgIpc) is 2.79. The summed E-state index contributed by atoms with van der Waals surface area (Å²) in [6.45, 7) is 4.17. The SMILES string of the molecule is COc1cc(/C=C/C=O)ccc1O[C@@H]1O[C@H](COC(C)=O)[C@@H](OC(C)=O)[C@H](OC(C)=O)[C@H]1OC(C)=O. The third kappa shape index (κ3) is 8.08. The molecule has 5 atom stereocenters. The number of hydrogen-bond acceptors (Lipinski definition) is 12. The molecule has 1 fully saturated rings. The van der Waals surface area contributed by atoms with E-state index in [9.17, 15) is 24.0 Å². The maximum atomic E-state index is 11.9. The molecule has 36 heavy (non-hydrogen) atoms. The normalized spacial score (nSPS) is 23.3. The summed E-state index contributed by atoms with van der Waals surface area (Å²) in [4.78, 5) is 57.7. The van der Waals surface area contributed by atoms with E-state index in [1.807, 2.05) is 0 Å². The molecule has 0 spiro atoms. The van der Waals surface area contributed by atoms with E-state index in [4.69, 9.17) is 33.2 Å². The Balaban J connectivity index is 2.51. The van der Waals surface area contributed by atoms with Crippen molar-refractivity contribution in [1.29, 1.82) is 0 Å². The van der Waals surface area contributed by atoms with Gasteiger partial charge in [0.2, 0.25) is 12.4 Å². The summed E-state index contributed by atoms with van der Waals surface area (Å²) in [6, 6.07) is 4.74. The monoisotopic (exact) mass is 508 g/mol. The Morgan fingerprint density at radius 1 is 0.861 bits per heavy atom. The number of hydrogen-bond donors (Lipinski definition) is 0. The summed E-state index contributed by atoms with van der Waals surface area (Å²) in [7, 11) is 1.39. The standard InChI is InChI=1S/C24H28O12/c1-13(26)31-12-20-21(32-14(2)27)22(33-15(3)28)23(34-16(4)29)24(36-20)35-18-9-8-17(7-6-10-25)11-19(18)30-5/h6-11,20-24H,12H2,1-5H3/b7-6+/t20-,21-,22+,23-,24-/m1/s1. The van der Waals surface area contributed by atoms with Crippen molar-refractivity contribution >= 4 is 36.2 Å². The minimum absolute atomic E-state index is 0.154. The van der Waals surface area contributed by atoms with Crippen molar-refractivity contribution in [2.45, 2.75) is 58.4 Å². The lowest BCUT2D eigenvalue weighted by atomic mass is 9.98. The molecule has 196 valence electrons. The van der Waals surface area contributed by atoms with Gasteiger partial charge in [0.15, 0.2) is 23.7 Å². The molecule has 0 radical (unpaired) electrons. The fraction of sp³-hybridized carbons (Fsp3) is 0.458. The third-order valence-electron chi connectivity index (χ3n) is 4.75. The quantitative estimate of drug-likeness (QED) is 0.194. The molecule has 1 aromatic rings. The molecule has 1 aliphatic heterocycles. The second-order valence-electron chi connectivity index (χ2n) is 7.59. The first kappa shape index (κ1) is 28.3. The summed E-state index contributed by atoms with van der Waals surface area (Å²) in [5.41, 5.74) is 0.632. The van der Waals surface area contributed by atoms with Crippen LogP contribution in [0.1, 0.15) is 33.3 Å². The summed E-state index contributed by atoms with van der Waals surface area (Å²) in [5.74, 6) is -2.49. The predicted octanol–water partition coefficient (Wildman–Crippen LogP) is 1.37. The number of carbonyl (C=O) groups is 5. The summed E-state index contributed by atoms with van der Waals surface area (Å²) < 4.78 is 38.3. The zero-order chi connectivity index (χ0) is 26.8. The molecule has 0 N–H and O–H groups in total. The lowest BCUT2D eigenvalue weighted by molar-refractivity contribution is -0.288. The van der Waals surface area contributed by atoms with Gasteiger partial charge in [0.1, 0.15) is 19.0 Å². The van der Waals surface area contributed by atoms with Gasteiger partial charge in [-0.3, -0.25) is 24.0 Å². The first-order chi connectivity index (χ1) is 17.0. The molecular weight excluding hydrogens is 480 g/mol. The van der Waals surface area contributed by atoms with Gasteiger partial charge in [0, 0.05) is 27.7 Å². The first-order valence-corrected chi connectivity index (χ1v) is 10.8. The minimum Gasteiger partial charge on any atom is -0.493 e. The molecule has 12 nitrogen and oxygen atoms in total. The van der Waals surface area contributed by atoms with Crippen molar-refractivity contribution < 1.29 is 57.1 Å². The highest BCUT2D eigenvalue weighted by Gasteiger charge is 2.53. The van der Waals surface area contributed by atoms with Gasteiger partial charge in [0.25, 0.3) is 0 Å². The Kier molecular flexibility index (Phi) is 10.4. The highest BCUT2D eigenvalue weighted by atomic mass is 16.7. The van der Waals surface area contributed by atoms with Gasteiger partial charge < -0.3 is 33.2 Å². The highest BCUT2D eigenvalue weighted by molar-refractivity contribution is 5.74. The largest absolute Gasteiger partial charge is 0.493 e. The molecule has 12 heteroatoms. The fourth-order valence-electron chi connectivity index (χ4n) is 3.44. The first-order valence-electron chi connectivity index (χ1n) is 10.8. The number of rotatable bonds is 10. The van der Waals surface area contributed by atoms with Crippen LogP contribution in [0, 0.1) is 0 Å². The van der Waals surface area contributed by atoms with Gasteiger partial charge in [-0.15, -0.1) is 0 Å². The van der Waals surface area contributed by atoms with Crippen molar-refractivity contribution in [2.75, 3.05) is 13.7 Å². The molecule has 0 bridgehead atoms. The third-order valence-corrected chi connectivity index (χ3v) is 4.75. The van der Waals surface area contributed by atoms with Crippen molar-refractivity contribution in [3.63, 3.8) is 0 Å². The minimum atomic E-state index is -1.41. The van der Waals surface area contributed by atoms with E-state index in [-0.39, 0.29) is 18.1 Å². The van der Waals surface area contributed by atoms with Crippen molar-refractivity contribution in [3.05, 3.63) is 29.8 Å². The van der Waals surface area contributed by atoms with E-state index in [0.29, 0.717) is 11.8 Å². The average molecular weight is 508 g/mol. The van der Waals surface area contributed by atoms with Crippen LogP contribution in [-0.4, -0.2) is 74.6 Å². The van der Waals surface area contributed by atoms with Gasteiger partial charge in [-0.05, 0) is 23.8 Å². The van der Waals surface area contributed by atoms with Crippen molar-refractivity contribution in [3.8, 4) is 11.5 Å². The van der Waals surface area contributed by atoms with E-state index < -0.39 is 54.6 Å². The molecule has 0 amide bonds. The smallest absolute Gasteiger partial charge is 0.303 e. The van der Waals surface area contributed by atoms with Gasteiger partial charge in [0.05, 0.1) is 7.11 Å². The maximum Gasteiger partial charge on any atom is 0.303 e. The summed E-state index contributed by atoms with van der Waals surface area (Å²) in [5, 5.41) is 0. The second-order valence-corrected chi connectivity index (χ2v) is 7.59. The van der Waals surface area contributed by atoms with Crippen LogP contribution in [0.3, 0.4) is 0 Å². The van der Waals surface area contributed by atoms with Crippen LogP contribution in [0.4, 0.5) is 0 Å². The van der Waals surface area contributed by atoms with Gasteiger partial charge in [-0.2, -0.15) is 0 Å². The fourth-order valence-corrected chi connectivity index (χ4v) is 3.44. The number of methoxy groups -OCH3 is 1. The summed E-state index contributed by atoms with van der Waals surface area (Å²) in [6.07, 6.45) is -3.14. The van der Waals surface area contributed by atoms with Crippen LogP contribution < -0.4 is 9.47 Å². The lowest BCUT2D eigenvalue weighted by Gasteiger charge is -2.44. The Morgan fingerprint density at radius 3 is 2.03 bits per heavy atom. The van der Waals surface area contributed by atoms with Crippen LogP contribution >= 0.6 is 0 Å².